The van der Waals surface area contributed by atoms with E-state index in [4.69, 9.17) is 0 Å². The first-order valence-electron chi connectivity index (χ1n) is 9.34. The van der Waals surface area contributed by atoms with E-state index in [1.54, 1.807) is 0 Å². The lowest BCUT2D eigenvalue weighted by Gasteiger charge is -2.24. The molecule has 120 valence electrons. The van der Waals surface area contributed by atoms with E-state index in [0.717, 1.165) is 38.1 Å². The minimum Gasteiger partial charge on any atom is -0.326 e. The molecule has 1 spiro atoms. The van der Waals surface area contributed by atoms with Crippen molar-refractivity contribution in [2.75, 3.05) is 6.54 Å². The zero-order chi connectivity index (χ0) is 14.7. The van der Waals surface area contributed by atoms with Gasteiger partial charge in [-0.05, 0) is 38.0 Å². The minimum atomic E-state index is -0.173. The zero-order valence-corrected chi connectivity index (χ0v) is 13.7. The lowest BCUT2D eigenvalue weighted by molar-refractivity contribution is -0.133. The third-order valence-corrected chi connectivity index (χ3v) is 5.99. The highest BCUT2D eigenvalue weighted by atomic mass is 16.2. The Bertz CT molecular complexity index is 356. The van der Waals surface area contributed by atoms with Crippen molar-refractivity contribution >= 4 is 5.91 Å². The molecule has 1 amide bonds. The van der Waals surface area contributed by atoms with E-state index >= 15 is 0 Å². The summed E-state index contributed by atoms with van der Waals surface area (Å²) in [7, 11) is 0. The molecule has 0 radical (unpaired) electrons. The summed E-state index contributed by atoms with van der Waals surface area (Å²) in [5.74, 6) is 1.37. The third kappa shape index (κ3) is 3.13. The smallest absolute Gasteiger partial charge is 0.244 e. The molecular weight excluding hydrogens is 260 g/mol. The average molecular weight is 292 g/mol. The van der Waals surface area contributed by atoms with Gasteiger partial charge in [0.05, 0.1) is 11.7 Å². The number of hydrogen-bond donors (Lipinski definition) is 1. The van der Waals surface area contributed by atoms with E-state index < -0.39 is 0 Å². The Hall–Kier alpha value is -0.570. The largest absolute Gasteiger partial charge is 0.326 e. The van der Waals surface area contributed by atoms with Gasteiger partial charge in [0.1, 0.15) is 0 Å². The molecule has 3 rings (SSSR count). The molecule has 1 saturated heterocycles. The topological polar surface area (TPSA) is 32.3 Å². The van der Waals surface area contributed by atoms with Crippen LogP contribution in [0.5, 0.6) is 0 Å². The normalized spacial score (nSPS) is 29.1. The highest BCUT2D eigenvalue weighted by Crippen LogP contribution is 2.37. The van der Waals surface area contributed by atoms with Crippen LogP contribution in [0.25, 0.3) is 0 Å². The van der Waals surface area contributed by atoms with Gasteiger partial charge in [-0.25, -0.2) is 0 Å². The van der Waals surface area contributed by atoms with Crippen molar-refractivity contribution in [3.8, 4) is 0 Å². The maximum Gasteiger partial charge on any atom is 0.244 e. The maximum atomic E-state index is 12.9. The monoisotopic (exact) mass is 292 g/mol. The molecule has 1 aliphatic heterocycles. The zero-order valence-electron chi connectivity index (χ0n) is 13.7. The lowest BCUT2D eigenvalue weighted by atomic mass is 9.97. The van der Waals surface area contributed by atoms with Crippen molar-refractivity contribution < 1.29 is 4.79 Å². The summed E-state index contributed by atoms with van der Waals surface area (Å²) in [5, 5.41) is 3.72. The predicted octanol–water partition coefficient (Wildman–Crippen LogP) is 3.83. The Morgan fingerprint density at radius 3 is 2.52 bits per heavy atom. The molecule has 0 aromatic heterocycles. The number of nitrogens with zero attached hydrogens (tertiary/aromatic N) is 1. The molecule has 1 N–H and O–H groups in total. The van der Waals surface area contributed by atoms with Crippen LogP contribution in [0, 0.1) is 5.92 Å². The Morgan fingerprint density at radius 2 is 1.86 bits per heavy atom. The summed E-state index contributed by atoms with van der Waals surface area (Å²) in [6.45, 7) is 3.21. The first-order chi connectivity index (χ1) is 10.2. The van der Waals surface area contributed by atoms with Gasteiger partial charge in [-0.3, -0.25) is 10.1 Å². The molecule has 1 atom stereocenters. The first kappa shape index (κ1) is 15.3. The van der Waals surface area contributed by atoms with Crippen LogP contribution in [0.3, 0.4) is 0 Å². The van der Waals surface area contributed by atoms with Gasteiger partial charge in [-0.15, -0.1) is 0 Å². The van der Waals surface area contributed by atoms with Crippen molar-refractivity contribution in [1.29, 1.82) is 0 Å². The fourth-order valence-electron chi connectivity index (χ4n) is 4.82. The average Bonchev–Trinajstić information content (AvgIpc) is 3.18. The molecule has 0 aromatic carbocycles. The van der Waals surface area contributed by atoms with Crippen LogP contribution >= 0.6 is 0 Å². The van der Waals surface area contributed by atoms with Crippen LogP contribution < -0.4 is 5.32 Å². The van der Waals surface area contributed by atoms with Crippen molar-refractivity contribution in [2.45, 2.75) is 95.7 Å². The fraction of sp³-hybridized carbons (Fsp3) is 0.944. The van der Waals surface area contributed by atoms with Crippen molar-refractivity contribution in [1.82, 2.24) is 10.2 Å². The summed E-state index contributed by atoms with van der Waals surface area (Å²) < 4.78 is 0. The Morgan fingerprint density at radius 1 is 1.14 bits per heavy atom. The van der Waals surface area contributed by atoms with Gasteiger partial charge < -0.3 is 4.90 Å². The highest BCUT2D eigenvalue weighted by molar-refractivity contribution is 5.89. The molecular formula is C18H32N2O. The van der Waals surface area contributed by atoms with Crippen molar-refractivity contribution in [3.05, 3.63) is 0 Å². The van der Waals surface area contributed by atoms with Crippen LogP contribution in [0.4, 0.5) is 0 Å². The molecule has 3 fully saturated rings. The number of rotatable bonds is 6. The van der Waals surface area contributed by atoms with E-state index in [1.165, 1.54) is 51.4 Å². The van der Waals surface area contributed by atoms with Gasteiger partial charge in [0.15, 0.2) is 0 Å². The number of carbonyl (C=O) groups is 1. The second-order valence-corrected chi connectivity index (χ2v) is 7.53. The van der Waals surface area contributed by atoms with Crippen LogP contribution in [-0.2, 0) is 4.79 Å². The summed E-state index contributed by atoms with van der Waals surface area (Å²) in [5.41, 5.74) is -0.173. The van der Waals surface area contributed by atoms with E-state index in [2.05, 4.69) is 17.1 Å². The SMILES string of the molecule is CCCC1NC2(CCCC2)C(=O)N1CCCC1CCCC1. The number of amides is 1. The highest BCUT2D eigenvalue weighted by Gasteiger charge is 2.51. The van der Waals surface area contributed by atoms with Crippen molar-refractivity contribution in [2.24, 2.45) is 5.92 Å². The second kappa shape index (κ2) is 6.68. The molecule has 1 heterocycles. The molecule has 1 unspecified atom stereocenters. The Balaban J connectivity index is 1.56. The van der Waals surface area contributed by atoms with Crippen molar-refractivity contribution in [3.63, 3.8) is 0 Å². The molecule has 3 aliphatic rings. The fourth-order valence-corrected chi connectivity index (χ4v) is 4.82. The standard InChI is InChI=1S/C18H32N2O/c1-2-8-16-19-18(12-5-6-13-18)17(21)20(16)14-7-11-15-9-3-4-10-15/h15-16,19H,2-14H2,1H3. The van der Waals surface area contributed by atoms with Crippen LogP contribution in [0.1, 0.15) is 84.0 Å². The molecule has 3 nitrogen and oxygen atoms in total. The second-order valence-electron chi connectivity index (χ2n) is 7.53. The van der Waals surface area contributed by atoms with Gasteiger partial charge in [0.25, 0.3) is 0 Å². The molecule has 21 heavy (non-hydrogen) atoms. The van der Waals surface area contributed by atoms with Gasteiger partial charge in [-0.2, -0.15) is 0 Å². The third-order valence-electron chi connectivity index (χ3n) is 5.99. The van der Waals surface area contributed by atoms with Gasteiger partial charge >= 0.3 is 0 Å². The lowest BCUT2D eigenvalue weighted by Crippen LogP contribution is -2.44. The minimum absolute atomic E-state index is 0.173. The van der Waals surface area contributed by atoms with Crippen LogP contribution in [0.2, 0.25) is 0 Å². The summed E-state index contributed by atoms with van der Waals surface area (Å²) in [4.78, 5) is 15.1. The number of carbonyl (C=O) groups excluding carboxylic acids is 1. The molecule has 2 saturated carbocycles. The maximum absolute atomic E-state index is 12.9. The molecule has 0 bridgehead atoms. The quantitative estimate of drug-likeness (QED) is 0.807. The van der Waals surface area contributed by atoms with E-state index in [1.807, 2.05) is 0 Å². The van der Waals surface area contributed by atoms with Crippen LogP contribution in [0.15, 0.2) is 0 Å². The predicted molar refractivity (Wildman–Crippen MR) is 85.9 cm³/mol. The van der Waals surface area contributed by atoms with E-state index in [0.29, 0.717) is 12.1 Å². The summed E-state index contributed by atoms with van der Waals surface area (Å²) in [6.07, 6.45) is 15.4. The van der Waals surface area contributed by atoms with Gasteiger partial charge in [0.2, 0.25) is 5.91 Å². The summed E-state index contributed by atoms with van der Waals surface area (Å²) in [6, 6.07) is 0. The first-order valence-corrected chi connectivity index (χ1v) is 9.34. The molecule has 2 aliphatic carbocycles. The van der Waals surface area contributed by atoms with Gasteiger partial charge in [-0.1, -0.05) is 51.9 Å². The molecule has 3 heteroatoms. The summed E-state index contributed by atoms with van der Waals surface area (Å²) >= 11 is 0. The van der Waals surface area contributed by atoms with E-state index in [9.17, 15) is 4.79 Å². The van der Waals surface area contributed by atoms with E-state index in [-0.39, 0.29) is 5.54 Å². The number of hydrogen-bond acceptors (Lipinski definition) is 2. The molecule has 0 aromatic rings. The number of nitrogens with one attached hydrogen (secondary N) is 1. The Labute approximate surface area is 129 Å². The van der Waals surface area contributed by atoms with Gasteiger partial charge in [0, 0.05) is 6.54 Å². The Kier molecular flexibility index (Phi) is 4.88. The van der Waals surface area contributed by atoms with Crippen LogP contribution in [-0.4, -0.2) is 29.1 Å².